The number of halogens is 1. The van der Waals surface area contributed by atoms with Crippen LogP contribution in [0.3, 0.4) is 0 Å². The van der Waals surface area contributed by atoms with E-state index in [9.17, 15) is 0 Å². The fourth-order valence-electron chi connectivity index (χ4n) is 1.72. The van der Waals surface area contributed by atoms with Gasteiger partial charge < -0.3 is 0 Å². The summed E-state index contributed by atoms with van der Waals surface area (Å²) in [6, 6.07) is 9.72. The maximum Gasteiger partial charge on any atom is 0.0893 e. The molecule has 2 rings (SSSR count). The average molecular weight is 237 g/mol. The largest absolute Gasteiger partial charge is 0.271 e. The summed E-state index contributed by atoms with van der Waals surface area (Å²) in [4.78, 5) is 0. The van der Waals surface area contributed by atoms with Gasteiger partial charge in [0.15, 0.2) is 0 Å². The number of hydrogen-bond donors (Lipinski definition) is 2. The lowest BCUT2D eigenvalue weighted by Gasteiger charge is -2.17. The minimum atomic E-state index is -0.152. The summed E-state index contributed by atoms with van der Waals surface area (Å²) in [5.74, 6) is 5.58. The molecule has 3 N–H and O–H groups in total. The lowest BCUT2D eigenvalue weighted by atomic mass is 10.0. The van der Waals surface area contributed by atoms with Crippen molar-refractivity contribution >= 4 is 11.6 Å². The monoisotopic (exact) mass is 236 g/mol. The van der Waals surface area contributed by atoms with E-state index in [1.807, 2.05) is 37.4 Å². The van der Waals surface area contributed by atoms with E-state index in [4.69, 9.17) is 17.4 Å². The van der Waals surface area contributed by atoms with Crippen LogP contribution in [0, 0.1) is 0 Å². The predicted octanol–water partition coefficient (Wildman–Crippen LogP) is 1.63. The van der Waals surface area contributed by atoms with Gasteiger partial charge in [0.25, 0.3) is 0 Å². The zero-order valence-electron chi connectivity index (χ0n) is 8.89. The van der Waals surface area contributed by atoms with Crippen molar-refractivity contribution in [2.75, 3.05) is 0 Å². The minimum Gasteiger partial charge on any atom is -0.271 e. The number of hydrazine groups is 1. The van der Waals surface area contributed by atoms with Crippen LogP contribution in [0.25, 0.3) is 0 Å². The van der Waals surface area contributed by atoms with E-state index in [0.717, 1.165) is 11.3 Å². The molecule has 5 heteroatoms. The highest BCUT2D eigenvalue weighted by Gasteiger charge is 2.19. The molecule has 0 aliphatic heterocycles. The summed E-state index contributed by atoms with van der Waals surface area (Å²) < 4.78 is 1.72. The normalized spacial score (nSPS) is 12.7. The molecule has 0 saturated carbocycles. The lowest BCUT2D eigenvalue weighted by molar-refractivity contribution is 0.575. The Morgan fingerprint density at radius 2 is 2.06 bits per heavy atom. The Morgan fingerprint density at radius 1 is 1.38 bits per heavy atom. The molecule has 0 bridgehead atoms. The van der Waals surface area contributed by atoms with E-state index in [0.29, 0.717) is 5.02 Å². The van der Waals surface area contributed by atoms with E-state index >= 15 is 0 Å². The number of nitrogens with two attached hydrogens (primary N) is 1. The molecule has 0 aliphatic carbocycles. The third-order valence-corrected chi connectivity index (χ3v) is 2.80. The molecule has 0 spiro atoms. The molecule has 0 radical (unpaired) electrons. The zero-order valence-corrected chi connectivity index (χ0v) is 9.65. The molecule has 1 unspecified atom stereocenters. The van der Waals surface area contributed by atoms with Gasteiger partial charge in [0.05, 0.1) is 23.0 Å². The maximum absolute atomic E-state index is 6.09. The second-order valence-corrected chi connectivity index (χ2v) is 3.92. The van der Waals surface area contributed by atoms with Crippen molar-refractivity contribution in [2.45, 2.75) is 6.04 Å². The number of nitrogens with one attached hydrogen (secondary N) is 1. The molecule has 84 valence electrons. The molecule has 0 fully saturated rings. The molecule has 1 aromatic carbocycles. The second kappa shape index (κ2) is 4.65. The summed E-state index contributed by atoms with van der Waals surface area (Å²) in [5, 5.41) is 4.71. The number of aryl methyl sites for hydroxylation is 1. The van der Waals surface area contributed by atoms with Crippen molar-refractivity contribution in [1.82, 2.24) is 15.2 Å². The fraction of sp³-hybridized carbons (Fsp3) is 0.182. The van der Waals surface area contributed by atoms with E-state index in [-0.39, 0.29) is 6.04 Å². The van der Waals surface area contributed by atoms with Gasteiger partial charge in [-0.1, -0.05) is 41.9 Å². The van der Waals surface area contributed by atoms with Crippen molar-refractivity contribution in [3.8, 4) is 0 Å². The first kappa shape index (κ1) is 11.1. The lowest BCUT2D eigenvalue weighted by Crippen LogP contribution is -2.30. The molecule has 0 aliphatic rings. The Bertz CT molecular complexity index is 447. The first-order valence-electron chi connectivity index (χ1n) is 4.92. The van der Waals surface area contributed by atoms with Gasteiger partial charge in [-0.25, -0.2) is 5.43 Å². The minimum absolute atomic E-state index is 0.152. The highest BCUT2D eigenvalue weighted by atomic mass is 35.5. The van der Waals surface area contributed by atoms with Crippen LogP contribution in [-0.2, 0) is 7.05 Å². The highest BCUT2D eigenvalue weighted by molar-refractivity contribution is 6.31. The van der Waals surface area contributed by atoms with Gasteiger partial charge in [-0.3, -0.25) is 10.5 Å². The average Bonchev–Trinajstić information content (AvgIpc) is 2.63. The second-order valence-electron chi connectivity index (χ2n) is 3.51. The standard InChI is InChI=1S/C11H13ClN4/c1-16-11(9(12)7-14-16)10(15-13)8-5-3-2-4-6-8/h2-7,10,15H,13H2,1H3. The third kappa shape index (κ3) is 1.95. The van der Waals surface area contributed by atoms with Crippen molar-refractivity contribution in [3.63, 3.8) is 0 Å². The molecule has 0 saturated heterocycles. The van der Waals surface area contributed by atoms with E-state index < -0.39 is 0 Å². The van der Waals surface area contributed by atoms with Crippen LogP contribution in [-0.4, -0.2) is 9.78 Å². The number of rotatable bonds is 3. The fourth-order valence-corrected chi connectivity index (χ4v) is 2.00. The van der Waals surface area contributed by atoms with Gasteiger partial charge in [-0.05, 0) is 5.56 Å². The van der Waals surface area contributed by atoms with Gasteiger partial charge in [0.1, 0.15) is 0 Å². The molecule has 1 atom stereocenters. The van der Waals surface area contributed by atoms with Crippen LogP contribution in [0.2, 0.25) is 5.02 Å². The van der Waals surface area contributed by atoms with E-state index in [1.165, 1.54) is 0 Å². The third-order valence-electron chi connectivity index (χ3n) is 2.51. The van der Waals surface area contributed by atoms with Gasteiger partial charge >= 0.3 is 0 Å². The van der Waals surface area contributed by atoms with Crippen LogP contribution in [0.5, 0.6) is 0 Å². The van der Waals surface area contributed by atoms with E-state index in [2.05, 4.69) is 10.5 Å². The highest BCUT2D eigenvalue weighted by Crippen LogP contribution is 2.26. The molecule has 2 aromatic rings. The Morgan fingerprint density at radius 3 is 2.56 bits per heavy atom. The van der Waals surface area contributed by atoms with Gasteiger partial charge in [0, 0.05) is 7.05 Å². The summed E-state index contributed by atoms with van der Waals surface area (Å²) in [7, 11) is 1.84. The van der Waals surface area contributed by atoms with Gasteiger partial charge in [-0.15, -0.1) is 0 Å². The van der Waals surface area contributed by atoms with Crippen LogP contribution >= 0.6 is 11.6 Å². The van der Waals surface area contributed by atoms with Crippen molar-refractivity contribution in [3.05, 3.63) is 52.8 Å². The van der Waals surface area contributed by atoms with Crippen molar-refractivity contribution in [2.24, 2.45) is 12.9 Å². The molecular weight excluding hydrogens is 224 g/mol. The Balaban J connectivity index is 2.45. The summed E-state index contributed by atoms with van der Waals surface area (Å²) in [5.41, 5.74) is 4.67. The van der Waals surface area contributed by atoms with Gasteiger partial charge in [-0.2, -0.15) is 5.10 Å². The first-order valence-corrected chi connectivity index (χ1v) is 5.30. The molecule has 16 heavy (non-hydrogen) atoms. The van der Waals surface area contributed by atoms with E-state index in [1.54, 1.807) is 10.9 Å². The Hall–Kier alpha value is -1.36. The van der Waals surface area contributed by atoms with Crippen LogP contribution < -0.4 is 11.3 Å². The number of hydrogen-bond acceptors (Lipinski definition) is 3. The molecule has 1 aromatic heterocycles. The van der Waals surface area contributed by atoms with Crippen molar-refractivity contribution < 1.29 is 0 Å². The first-order chi connectivity index (χ1) is 7.74. The number of aromatic nitrogens is 2. The quantitative estimate of drug-likeness (QED) is 0.629. The smallest absolute Gasteiger partial charge is 0.0893 e. The summed E-state index contributed by atoms with van der Waals surface area (Å²) >= 11 is 6.09. The Labute approximate surface area is 99.0 Å². The SMILES string of the molecule is Cn1ncc(Cl)c1C(NN)c1ccccc1. The van der Waals surface area contributed by atoms with Crippen molar-refractivity contribution in [1.29, 1.82) is 0 Å². The Kier molecular flexibility index (Phi) is 3.24. The summed E-state index contributed by atoms with van der Waals surface area (Å²) in [6.07, 6.45) is 1.62. The molecular formula is C11H13ClN4. The topological polar surface area (TPSA) is 55.9 Å². The molecule has 0 amide bonds. The maximum atomic E-state index is 6.09. The van der Waals surface area contributed by atoms with Crippen LogP contribution in [0.1, 0.15) is 17.3 Å². The molecule has 4 nitrogen and oxygen atoms in total. The van der Waals surface area contributed by atoms with Gasteiger partial charge in [0.2, 0.25) is 0 Å². The van der Waals surface area contributed by atoms with Crippen LogP contribution in [0.15, 0.2) is 36.5 Å². The van der Waals surface area contributed by atoms with Crippen LogP contribution in [0.4, 0.5) is 0 Å². The number of nitrogens with zero attached hydrogens (tertiary/aromatic N) is 2. The zero-order chi connectivity index (χ0) is 11.5. The summed E-state index contributed by atoms with van der Waals surface area (Å²) in [6.45, 7) is 0. The number of benzene rings is 1. The molecule has 1 heterocycles. The predicted molar refractivity (Wildman–Crippen MR) is 63.8 cm³/mol.